The molecule has 0 spiro atoms. The lowest BCUT2D eigenvalue weighted by Gasteiger charge is -2.41. The standard InChI is InChI=1S/C20H23NO2S/c1-15(16-7-5-4-6-8-16)21-14-13-20(2,23-19(21)22)17-9-11-18(24-3)12-10-17/h4-12,15H,13-14H2,1-3H3. The molecule has 126 valence electrons. The molecule has 0 aromatic heterocycles. The maximum absolute atomic E-state index is 12.6. The molecular weight excluding hydrogens is 318 g/mol. The van der Waals surface area contributed by atoms with E-state index in [1.54, 1.807) is 11.8 Å². The Bertz CT molecular complexity index is 701. The Morgan fingerprint density at radius 3 is 2.38 bits per heavy atom. The lowest BCUT2D eigenvalue weighted by molar-refractivity contribution is -0.0491. The highest BCUT2D eigenvalue weighted by Crippen LogP contribution is 2.37. The number of ether oxygens (including phenoxy) is 1. The van der Waals surface area contributed by atoms with Gasteiger partial charge in [-0.25, -0.2) is 4.79 Å². The van der Waals surface area contributed by atoms with Crippen LogP contribution in [-0.4, -0.2) is 23.8 Å². The van der Waals surface area contributed by atoms with Gasteiger partial charge in [0, 0.05) is 17.9 Å². The Labute approximate surface area is 148 Å². The van der Waals surface area contributed by atoms with Crippen molar-refractivity contribution in [2.24, 2.45) is 0 Å². The van der Waals surface area contributed by atoms with Crippen molar-refractivity contribution in [3.63, 3.8) is 0 Å². The van der Waals surface area contributed by atoms with E-state index in [1.165, 1.54) is 4.90 Å². The zero-order valence-electron chi connectivity index (χ0n) is 14.4. The number of rotatable bonds is 4. The molecule has 1 fully saturated rings. The second kappa shape index (κ2) is 6.89. The first-order chi connectivity index (χ1) is 11.5. The van der Waals surface area contributed by atoms with Crippen molar-refractivity contribution in [3.8, 4) is 0 Å². The van der Waals surface area contributed by atoms with Crippen LogP contribution in [-0.2, 0) is 10.3 Å². The van der Waals surface area contributed by atoms with Gasteiger partial charge in [0.2, 0.25) is 0 Å². The quantitative estimate of drug-likeness (QED) is 0.713. The van der Waals surface area contributed by atoms with Gasteiger partial charge in [0.05, 0.1) is 6.04 Å². The predicted molar refractivity (Wildman–Crippen MR) is 98.2 cm³/mol. The highest BCUT2D eigenvalue weighted by molar-refractivity contribution is 7.98. The first-order valence-electron chi connectivity index (χ1n) is 8.22. The predicted octanol–water partition coefficient (Wildman–Crippen LogP) is 5.23. The van der Waals surface area contributed by atoms with Crippen LogP contribution < -0.4 is 0 Å². The lowest BCUT2D eigenvalue weighted by atomic mass is 9.90. The van der Waals surface area contributed by atoms with Crippen molar-refractivity contribution in [1.82, 2.24) is 4.90 Å². The fraction of sp³-hybridized carbons (Fsp3) is 0.350. The first kappa shape index (κ1) is 16.9. The third kappa shape index (κ3) is 3.29. The molecular formula is C20H23NO2S. The van der Waals surface area contributed by atoms with Gasteiger partial charge in [-0.05, 0) is 43.4 Å². The van der Waals surface area contributed by atoms with Gasteiger partial charge in [-0.3, -0.25) is 0 Å². The van der Waals surface area contributed by atoms with Gasteiger partial charge in [-0.1, -0.05) is 42.5 Å². The monoisotopic (exact) mass is 341 g/mol. The number of hydrogen-bond donors (Lipinski definition) is 0. The fourth-order valence-corrected chi connectivity index (χ4v) is 3.55. The van der Waals surface area contributed by atoms with E-state index in [2.05, 4.69) is 30.5 Å². The van der Waals surface area contributed by atoms with Gasteiger partial charge in [0.15, 0.2) is 0 Å². The minimum atomic E-state index is -0.555. The van der Waals surface area contributed by atoms with Gasteiger partial charge in [-0.15, -0.1) is 11.8 Å². The second-order valence-corrected chi connectivity index (χ2v) is 7.24. The summed E-state index contributed by atoms with van der Waals surface area (Å²) in [7, 11) is 0. The molecule has 0 aliphatic carbocycles. The molecule has 0 bridgehead atoms. The van der Waals surface area contributed by atoms with E-state index in [-0.39, 0.29) is 12.1 Å². The van der Waals surface area contributed by atoms with Crippen molar-refractivity contribution in [2.75, 3.05) is 12.8 Å². The average molecular weight is 341 g/mol. The van der Waals surface area contributed by atoms with Crippen LogP contribution in [0.1, 0.15) is 37.4 Å². The van der Waals surface area contributed by atoms with E-state index < -0.39 is 5.60 Å². The summed E-state index contributed by atoms with van der Waals surface area (Å²) in [5.41, 5.74) is 1.63. The van der Waals surface area contributed by atoms with Crippen molar-refractivity contribution >= 4 is 17.9 Å². The normalized spacial score (nSPS) is 22.1. The Morgan fingerprint density at radius 2 is 1.79 bits per heavy atom. The number of carbonyl (C=O) groups excluding carboxylic acids is 1. The number of benzene rings is 2. The summed E-state index contributed by atoms with van der Waals surface area (Å²) in [4.78, 5) is 15.6. The summed E-state index contributed by atoms with van der Waals surface area (Å²) in [6.45, 7) is 4.74. The van der Waals surface area contributed by atoms with Crippen molar-refractivity contribution in [1.29, 1.82) is 0 Å². The minimum absolute atomic E-state index is 0.0158. The van der Waals surface area contributed by atoms with Crippen LogP contribution in [0.25, 0.3) is 0 Å². The fourth-order valence-electron chi connectivity index (χ4n) is 3.14. The highest BCUT2D eigenvalue weighted by atomic mass is 32.2. The SMILES string of the molecule is CSc1ccc(C2(C)CCN(C(C)c3ccccc3)C(=O)O2)cc1. The van der Waals surface area contributed by atoms with Gasteiger partial charge < -0.3 is 9.64 Å². The zero-order valence-corrected chi connectivity index (χ0v) is 15.2. The van der Waals surface area contributed by atoms with Crippen LogP contribution in [0.2, 0.25) is 0 Å². The molecule has 2 unspecified atom stereocenters. The molecule has 2 aromatic rings. The molecule has 0 N–H and O–H groups in total. The number of cyclic esters (lactones) is 1. The molecule has 24 heavy (non-hydrogen) atoms. The Kier molecular flexibility index (Phi) is 4.86. The number of carbonyl (C=O) groups is 1. The van der Waals surface area contributed by atoms with Crippen LogP contribution in [0, 0.1) is 0 Å². The van der Waals surface area contributed by atoms with E-state index in [0.29, 0.717) is 6.54 Å². The number of amides is 1. The molecule has 0 saturated carbocycles. The first-order valence-corrected chi connectivity index (χ1v) is 9.45. The third-order valence-electron chi connectivity index (χ3n) is 4.83. The lowest BCUT2D eigenvalue weighted by Crippen LogP contribution is -2.47. The molecule has 1 heterocycles. The van der Waals surface area contributed by atoms with Crippen molar-refractivity contribution in [3.05, 3.63) is 65.7 Å². The van der Waals surface area contributed by atoms with E-state index in [1.807, 2.05) is 49.1 Å². The van der Waals surface area contributed by atoms with E-state index in [9.17, 15) is 4.79 Å². The van der Waals surface area contributed by atoms with Crippen molar-refractivity contribution in [2.45, 2.75) is 36.8 Å². The van der Waals surface area contributed by atoms with Crippen LogP contribution in [0.4, 0.5) is 4.79 Å². The van der Waals surface area contributed by atoms with Crippen molar-refractivity contribution < 1.29 is 9.53 Å². The molecule has 1 amide bonds. The molecule has 2 aromatic carbocycles. The third-order valence-corrected chi connectivity index (χ3v) is 5.57. The summed E-state index contributed by atoms with van der Waals surface area (Å²) < 4.78 is 5.87. The Hall–Kier alpha value is -1.94. The maximum Gasteiger partial charge on any atom is 0.411 e. The molecule has 4 heteroatoms. The minimum Gasteiger partial charge on any atom is -0.438 e. The number of nitrogens with zero attached hydrogens (tertiary/aromatic N) is 1. The molecule has 1 aliphatic rings. The van der Waals surface area contributed by atoms with Crippen LogP contribution >= 0.6 is 11.8 Å². The van der Waals surface area contributed by atoms with Crippen LogP contribution in [0.15, 0.2) is 59.5 Å². The van der Waals surface area contributed by atoms with Gasteiger partial charge in [0.1, 0.15) is 5.60 Å². The summed E-state index contributed by atoms with van der Waals surface area (Å²) in [6.07, 6.45) is 2.60. The van der Waals surface area contributed by atoms with E-state index >= 15 is 0 Å². The maximum atomic E-state index is 12.6. The number of thioether (sulfide) groups is 1. The molecule has 2 atom stereocenters. The van der Waals surface area contributed by atoms with E-state index in [0.717, 1.165) is 17.5 Å². The molecule has 3 nitrogen and oxygen atoms in total. The highest BCUT2D eigenvalue weighted by Gasteiger charge is 2.39. The summed E-state index contributed by atoms with van der Waals surface area (Å²) in [5, 5.41) is 0. The Balaban J connectivity index is 1.75. The van der Waals surface area contributed by atoms with E-state index in [4.69, 9.17) is 4.74 Å². The molecule has 1 saturated heterocycles. The van der Waals surface area contributed by atoms with Gasteiger partial charge in [-0.2, -0.15) is 0 Å². The molecule has 1 aliphatic heterocycles. The largest absolute Gasteiger partial charge is 0.438 e. The topological polar surface area (TPSA) is 29.5 Å². The Morgan fingerprint density at radius 1 is 1.12 bits per heavy atom. The zero-order chi connectivity index (χ0) is 17.2. The summed E-state index contributed by atoms with van der Waals surface area (Å²) >= 11 is 1.71. The van der Waals surface area contributed by atoms with Crippen LogP contribution in [0.5, 0.6) is 0 Å². The molecule has 0 radical (unpaired) electrons. The van der Waals surface area contributed by atoms with Crippen LogP contribution in [0.3, 0.4) is 0 Å². The smallest absolute Gasteiger partial charge is 0.411 e. The van der Waals surface area contributed by atoms with Gasteiger partial charge in [0.25, 0.3) is 0 Å². The number of hydrogen-bond acceptors (Lipinski definition) is 3. The summed E-state index contributed by atoms with van der Waals surface area (Å²) in [6, 6.07) is 18.4. The van der Waals surface area contributed by atoms with Gasteiger partial charge >= 0.3 is 6.09 Å². The summed E-state index contributed by atoms with van der Waals surface area (Å²) in [5.74, 6) is 0. The average Bonchev–Trinajstić information content (AvgIpc) is 2.62. The molecule has 3 rings (SSSR count). The second-order valence-electron chi connectivity index (χ2n) is 6.36.